The maximum atomic E-state index is 2.30. The van der Waals surface area contributed by atoms with Crippen molar-refractivity contribution in [2.75, 3.05) is 0 Å². The number of hydrogen-bond donors (Lipinski definition) is 0. The Morgan fingerprint density at radius 1 is 0.483 bits per heavy atom. The summed E-state index contributed by atoms with van der Waals surface area (Å²) < 4.78 is 0. The number of aryl methyl sites for hydroxylation is 2. The molecule has 0 aromatic heterocycles. The van der Waals surface area contributed by atoms with Gasteiger partial charge >= 0.3 is 181 Å². The molecule has 0 saturated carbocycles. The summed E-state index contributed by atoms with van der Waals surface area (Å²) >= 11 is 0.578. The average Bonchev–Trinajstić information content (AvgIpc) is 2.76. The molecule has 0 N–H and O–H groups in total. The van der Waals surface area contributed by atoms with Crippen molar-refractivity contribution in [1.82, 2.24) is 0 Å². The fraction of sp³-hybridized carbons (Fsp3) is 0.143. The summed E-state index contributed by atoms with van der Waals surface area (Å²) in [6.45, 7) is 4.35. The summed E-state index contributed by atoms with van der Waals surface area (Å²) in [6, 6.07) is 35.5. The Balaban J connectivity index is 1.34. The van der Waals surface area contributed by atoms with E-state index in [1.807, 2.05) is 0 Å². The number of rotatable bonds is 6. The molecule has 1 heteroatoms. The standard InChI is InChI=1S/C28H26Se/c1-21-7-3-5-9-27(21)25-15-11-23(12-16-25)19-29-20-24-13-17-26(18-14-24)28-10-6-4-8-22(28)2/h3-18H,19-20H2,1-2H3. The Labute approximate surface area is 180 Å². The van der Waals surface area contributed by atoms with Crippen LogP contribution in [0.5, 0.6) is 0 Å². The van der Waals surface area contributed by atoms with E-state index in [9.17, 15) is 0 Å². The van der Waals surface area contributed by atoms with Gasteiger partial charge in [-0.3, -0.25) is 0 Å². The van der Waals surface area contributed by atoms with Crippen LogP contribution in [0, 0.1) is 13.8 Å². The molecule has 0 bridgehead atoms. The maximum absolute atomic E-state index is 2.30. The molecule has 0 amide bonds. The van der Waals surface area contributed by atoms with Crippen molar-refractivity contribution in [2.45, 2.75) is 24.5 Å². The summed E-state index contributed by atoms with van der Waals surface area (Å²) in [5.74, 6) is 0. The summed E-state index contributed by atoms with van der Waals surface area (Å²) in [6.07, 6.45) is 0. The zero-order chi connectivity index (χ0) is 20.1. The van der Waals surface area contributed by atoms with Gasteiger partial charge in [-0.2, -0.15) is 0 Å². The van der Waals surface area contributed by atoms with Crippen LogP contribution in [0.15, 0.2) is 97.1 Å². The van der Waals surface area contributed by atoms with Crippen LogP contribution in [0.4, 0.5) is 0 Å². The Kier molecular flexibility index (Phi) is 6.30. The Morgan fingerprint density at radius 2 is 0.862 bits per heavy atom. The molecular weight excluding hydrogens is 415 g/mol. The minimum atomic E-state index is 0.578. The molecule has 0 atom stereocenters. The van der Waals surface area contributed by atoms with Crippen LogP contribution in [-0.4, -0.2) is 15.0 Å². The summed E-state index contributed by atoms with van der Waals surface area (Å²) in [5, 5.41) is 2.36. The van der Waals surface area contributed by atoms with Gasteiger partial charge in [-0.25, -0.2) is 0 Å². The first-order valence-electron chi connectivity index (χ1n) is 10.1. The third-order valence-electron chi connectivity index (χ3n) is 5.36. The van der Waals surface area contributed by atoms with Crippen molar-refractivity contribution in [2.24, 2.45) is 0 Å². The van der Waals surface area contributed by atoms with E-state index in [-0.39, 0.29) is 0 Å². The molecule has 4 rings (SSSR count). The van der Waals surface area contributed by atoms with Crippen molar-refractivity contribution >= 4 is 15.0 Å². The molecule has 0 unspecified atom stereocenters. The predicted molar refractivity (Wildman–Crippen MR) is 126 cm³/mol. The minimum absolute atomic E-state index is 0.578. The molecule has 0 nitrogen and oxygen atoms in total. The molecule has 0 aliphatic rings. The van der Waals surface area contributed by atoms with E-state index in [0.29, 0.717) is 15.0 Å². The van der Waals surface area contributed by atoms with Gasteiger partial charge in [0.15, 0.2) is 0 Å². The molecule has 4 aromatic rings. The van der Waals surface area contributed by atoms with E-state index in [2.05, 4.69) is 111 Å². The molecule has 29 heavy (non-hydrogen) atoms. The van der Waals surface area contributed by atoms with Gasteiger partial charge in [0.25, 0.3) is 0 Å². The van der Waals surface area contributed by atoms with Crippen LogP contribution in [0.2, 0.25) is 0 Å². The average molecular weight is 441 g/mol. The first kappa shape index (κ1) is 19.7. The van der Waals surface area contributed by atoms with Crippen LogP contribution in [-0.2, 0) is 10.6 Å². The van der Waals surface area contributed by atoms with Gasteiger partial charge in [-0.05, 0) is 0 Å². The van der Waals surface area contributed by atoms with Gasteiger partial charge in [0, 0.05) is 0 Å². The summed E-state index contributed by atoms with van der Waals surface area (Å²) in [4.78, 5) is 0. The second-order valence-corrected chi connectivity index (χ2v) is 9.58. The van der Waals surface area contributed by atoms with Crippen molar-refractivity contribution in [1.29, 1.82) is 0 Å². The van der Waals surface area contributed by atoms with Gasteiger partial charge in [-0.1, -0.05) is 0 Å². The Hall–Kier alpha value is -2.60. The van der Waals surface area contributed by atoms with Gasteiger partial charge in [0.05, 0.1) is 0 Å². The zero-order valence-electron chi connectivity index (χ0n) is 17.1. The predicted octanol–water partition coefficient (Wildman–Crippen LogP) is 7.04. The van der Waals surface area contributed by atoms with Crippen molar-refractivity contribution in [3.63, 3.8) is 0 Å². The van der Waals surface area contributed by atoms with Crippen LogP contribution in [0.3, 0.4) is 0 Å². The quantitative estimate of drug-likeness (QED) is 0.282. The molecule has 0 aliphatic heterocycles. The Morgan fingerprint density at radius 3 is 1.24 bits per heavy atom. The third kappa shape index (κ3) is 4.88. The molecule has 0 heterocycles. The monoisotopic (exact) mass is 442 g/mol. The van der Waals surface area contributed by atoms with E-state index < -0.39 is 0 Å². The first-order chi connectivity index (χ1) is 14.2. The van der Waals surface area contributed by atoms with Crippen LogP contribution < -0.4 is 0 Å². The molecule has 4 aromatic carbocycles. The molecule has 0 radical (unpaired) electrons. The molecular formula is C28H26Se. The summed E-state index contributed by atoms with van der Waals surface area (Å²) in [7, 11) is 0. The van der Waals surface area contributed by atoms with E-state index in [1.54, 1.807) is 0 Å². The van der Waals surface area contributed by atoms with Crippen LogP contribution >= 0.6 is 0 Å². The second-order valence-electron chi connectivity index (χ2n) is 7.52. The van der Waals surface area contributed by atoms with Crippen LogP contribution in [0.25, 0.3) is 22.3 Å². The molecule has 0 aliphatic carbocycles. The molecule has 144 valence electrons. The van der Waals surface area contributed by atoms with Gasteiger partial charge < -0.3 is 0 Å². The number of hydrogen-bond acceptors (Lipinski definition) is 0. The van der Waals surface area contributed by atoms with Crippen molar-refractivity contribution in [3.05, 3.63) is 119 Å². The van der Waals surface area contributed by atoms with Crippen molar-refractivity contribution in [3.8, 4) is 22.3 Å². The molecule has 0 spiro atoms. The topological polar surface area (TPSA) is 0 Å². The number of benzene rings is 4. The SMILES string of the molecule is Cc1ccccc1-c1ccc(C[Se]Cc2ccc(-c3ccccc3C)cc2)cc1. The normalized spacial score (nSPS) is 10.8. The van der Waals surface area contributed by atoms with Gasteiger partial charge in [-0.15, -0.1) is 0 Å². The fourth-order valence-electron chi connectivity index (χ4n) is 3.64. The summed E-state index contributed by atoms with van der Waals surface area (Å²) in [5.41, 5.74) is 10.8. The third-order valence-corrected chi connectivity index (χ3v) is 7.61. The molecule has 0 fully saturated rings. The van der Waals surface area contributed by atoms with Crippen LogP contribution in [0.1, 0.15) is 22.3 Å². The first-order valence-corrected chi connectivity index (χ1v) is 12.5. The fourth-order valence-corrected chi connectivity index (χ4v) is 5.65. The van der Waals surface area contributed by atoms with E-state index >= 15 is 0 Å². The van der Waals surface area contributed by atoms with Gasteiger partial charge in [0.2, 0.25) is 0 Å². The van der Waals surface area contributed by atoms with E-state index in [4.69, 9.17) is 0 Å². The van der Waals surface area contributed by atoms with Gasteiger partial charge in [0.1, 0.15) is 0 Å². The second kappa shape index (κ2) is 9.26. The van der Waals surface area contributed by atoms with Crippen molar-refractivity contribution < 1.29 is 0 Å². The molecule has 0 saturated heterocycles. The zero-order valence-corrected chi connectivity index (χ0v) is 18.8. The van der Waals surface area contributed by atoms with E-state index in [0.717, 1.165) is 0 Å². The Bertz CT molecular complexity index is 987. The van der Waals surface area contributed by atoms with E-state index in [1.165, 1.54) is 55.1 Å².